The van der Waals surface area contributed by atoms with E-state index >= 15 is 0 Å². The van der Waals surface area contributed by atoms with Crippen molar-refractivity contribution in [2.45, 2.75) is 48.0 Å². The molecule has 0 aliphatic carbocycles. The van der Waals surface area contributed by atoms with E-state index in [1.807, 2.05) is 62.4 Å². The molecule has 8 rings (SSSR count). The van der Waals surface area contributed by atoms with Gasteiger partial charge in [-0.05, 0) is 64.3 Å². The minimum Gasteiger partial charge on any atom is -0.462 e. The van der Waals surface area contributed by atoms with Gasteiger partial charge in [-0.3, -0.25) is 0 Å². The molecule has 0 spiro atoms. The van der Waals surface area contributed by atoms with E-state index in [9.17, 15) is 9.59 Å². The molecule has 4 aliphatic rings. The summed E-state index contributed by atoms with van der Waals surface area (Å²) in [5.41, 5.74) is 2.89. The van der Waals surface area contributed by atoms with Gasteiger partial charge in [0.15, 0.2) is 0 Å². The number of ether oxygens (including phenoxy) is 4. The summed E-state index contributed by atoms with van der Waals surface area (Å²) in [7, 11) is 4.23. The van der Waals surface area contributed by atoms with Crippen LogP contribution in [0.2, 0.25) is 0 Å². The zero-order valence-electron chi connectivity index (χ0n) is 36.5. The summed E-state index contributed by atoms with van der Waals surface area (Å²) in [6.07, 6.45) is 0.354. The molecule has 2 saturated heterocycles. The van der Waals surface area contributed by atoms with Crippen LogP contribution in [0.25, 0.3) is 11.6 Å². The predicted octanol–water partition coefficient (Wildman–Crippen LogP) is 6.99. The maximum absolute atomic E-state index is 13.4. The molecule has 0 unspecified atom stereocenters. The Morgan fingerprint density at radius 2 is 0.968 bits per heavy atom. The molecular formula is C47H60N8O6S2. The highest BCUT2D eigenvalue weighted by atomic mass is 32.1. The number of nitrogens with zero attached hydrogens (tertiary/aromatic N) is 8. The first-order valence-electron chi connectivity index (χ1n) is 20.9. The van der Waals surface area contributed by atoms with E-state index in [0.29, 0.717) is 35.7 Å². The van der Waals surface area contributed by atoms with Gasteiger partial charge in [-0.1, -0.05) is 58.7 Å². The number of benzene rings is 2. The number of aryl methyl sites for hydroxylation is 2. The van der Waals surface area contributed by atoms with E-state index < -0.39 is 12.2 Å². The van der Waals surface area contributed by atoms with Crippen molar-refractivity contribution in [1.29, 1.82) is 0 Å². The monoisotopic (exact) mass is 896 g/mol. The highest BCUT2D eigenvalue weighted by Gasteiger charge is 2.34. The van der Waals surface area contributed by atoms with E-state index in [-0.39, 0.29) is 21.0 Å². The molecule has 0 radical (unpaired) electrons. The minimum absolute atomic E-state index is 0. The number of likely N-dealkylation sites (N-methyl/N-ethyl adjacent to an activating group) is 2. The van der Waals surface area contributed by atoms with Gasteiger partial charge < -0.3 is 38.5 Å². The van der Waals surface area contributed by atoms with Crippen molar-refractivity contribution < 1.29 is 28.5 Å². The maximum Gasteiger partial charge on any atom is 0.423 e. The average Bonchev–Trinajstić information content (AvgIpc) is 3.74. The smallest absolute Gasteiger partial charge is 0.423 e. The fraction of sp³-hybridized carbons (Fsp3) is 0.404. The number of allylic oxidation sites excluding steroid dienone is 2. The van der Waals surface area contributed by atoms with Crippen molar-refractivity contribution in [2.24, 2.45) is 9.98 Å². The summed E-state index contributed by atoms with van der Waals surface area (Å²) in [4.78, 5) is 51.3. The minimum atomic E-state index is -0.489. The van der Waals surface area contributed by atoms with Gasteiger partial charge in [0.2, 0.25) is 13.6 Å². The number of hydrogen-bond acceptors (Lipinski definition) is 14. The van der Waals surface area contributed by atoms with Crippen molar-refractivity contribution >= 4 is 69.3 Å². The summed E-state index contributed by atoms with van der Waals surface area (Å²) < 4.78 is 23.7. The molecular weight excluding hydrogens is 837 g/mol. The Labute approximate surface area is 378 Å². The molecule has 2 aromatic heterocycles. The van der Waals surface area contributed by atoms with Gasteiger partial charge in [0.1, 0.15) is 21.0 Å². The Balaban J connectivity index is 0.000000206. The molecule has 0 bridgehead atoms. The molecule has 14 nitrogen and oxygen atoms in total. The van der Waals surface area contributed by atoms with Crippen molar-refractivity contribution in [1.82, 2.24) is 19.6 Å². The number of para-hydroxylation sites is 4. The molecule has 2 aromatic carbocycles. The Morgan fingerprint density at radius 1 is 0.603 bits per heavy atom. The summed E-state index contributed by atoms with van der Waals surface area (Å²) in [5, 5.41) is 1.91. The van der Waals surface area contributed by atoms with Crippen LogP contribution in [-0.2, 0) is 18.9 Å². The summed E-state index contributed by atoms with van der Waals surface area (Å²) >= 11 is 3.27. The highest BCUT2D eigenvalue weighted by Crippen LogP contribution is 2.36. The van der Waals surface area contributed by atoms with Gasteiger partial charge in [0, 0.05) is 75.0 Å². The number of carbonyl (C=O) groups is 2. The van der Waals surface area contributed by atoms with E-state index in [1.54, 1.807) is 32.5 Å². The van der Waals surface area contributed by atoms with Crippen molar-refractivity contribution in [3.05, 3.63) is 115 Å². The number of amides is 2. The van der Waals surface area contributed by atoms with Gasteiger partial charge in [0.05, 0.1) is 44.7 Å². The SMILES string of the molecule is C.C=C(CC)OCOC(=O)N1C(N2CCN(C)CC2)=c2cc(C)sc2=Nc2ccccc21.C=C(CC)OCOC(=O)N1C(N2CCN(C)CC2)=c2cc(C)sc2=Nc2ccccc21. The molecule has 2 fully saturated rings. The third-order valence-electron chi connectivity index (χ3n) is 10.9. The second-order valence-corrected chi connectivity index (χ2v) is 17.9. The summed E-state index contributed by atoms with van der Waals surface area (Å²) in [6, 6.07) is 19.6. The second kappa shape index (κ2) is 21.1. The lowest BCUT2D eigenvalue weighted by atomic mass is 10.2. The average molecular weight is 897 g/mol. The third-order valence-corrected chi connectivity index (χ3v) is 12.8. The number of hydrogen-bond donors (Lipinski definition) is 0. The van der Waals surface area contributed by atoms with Crippen LogP contribution >= 0.6 is 22.7 Å². The van der Waals surface area contributed by atoms with Crippen LogP contribution in [-0.4, -0.2) is 112 Å². The molecule has 4 aliphatic heterocycles. The van der Waals surface area contributed by atoms with Gasteiger partial charge in [-0.2, -0.15) is 0 Å². The molecule has 0 N–H and O–H groups in total. The van der Waals surface area contributed by atoms with Crippen LogP contribution in [0.5, 0.6) is 0 Å². The van der Waals surface area contributed by atoms with E-state index in [4.69, 9.17) is 28.9 Å². The molecule has 4 aromatic rings. The molecule has 0 atom stereocenters. The first kappa shape index (κ1) is 46.8. The van der Waals surface area contributed by atoms with E-state index in [1.165, 1.54) is 0 Å². The number of anilines is 2. The topological polar surface area (TPSA) is 115 Å². The zero-order valence-corrected chi connectivity index (χ0v) is 38.1. The highest BCUT2D eigenvalue weighted by molar-refractivity contribution is 7.09. The van der Waals surface area contributed by atoms with Crippen LogP contribution in [0.4, 0.5) is 32.3 Å². The first-order chi connectivity index (χ1) is 29.9. The van der Waals surface area contributed by atoms with Crippen LogP contribution < -0.4 is 29.6 Å². The van der Waals surface area contributed by atoms with E-state index in [0.717, 1.165) is 105 Å². The Bertz CT molecular complexity index is 2380. The maximum atomic E-state index is 13.4. The van der Waals surface area contributed by atoms with Crippen LogP contribution in [0.3, 0.4) is 0 Å². The molecule has 2 amide bonds. The fourth-order valence-electron chi connectivity index (χ4n) is 7.36. The molecule has 6 heterocycles. The quantitative estimate of drug-likeness (QED) is 0.122. The fourth-order valence-corrected chi connectivity index (χ4v) is 9.13. The number of thiophene rings is 2. The lowest BCUT2D eigenvalue weighted by Gasteiger charge is -2.38. The largest absolute Gasteiger partial charge is 0.462 e. The van der Waals surface area contributed by atoms with Crippen molar-refractivity contribution in [3.63, 3.8) is 0 Å². The van der Waals surface area contributed by atoms with Crippen molar-refractivity contribution in [2.75, 3.05) is 89.8 Å². The zero-order chi connectivity index (χ0) is 43.9. The third kappa shape index (κ3) is 10.8. The molecule has 336 valence electrons. The molecule has 63 heavy (non-hydrogen) atoms. The Hall–Kier alpha value is -5.68. The van der Waals surface area contributed by atoms with Gasteiger partial charge in [-0.15, -0.1) is 22.7 Å². The first-order valence-corrected chi connectivity index (χ1v) is 22.6. The normalized spacial score (nSPS) is 15.9. The Morgan fingerprint density at radius 3 is 1.33 bits per heavy atom. The van der Waals surface area contributed by atoms with Crippen LogP contribution in [0.15, 0.2) is 95.3 Å². The summed E-state index contributed by atoms with van der Waals surface area (Å²) in [5.74, 6) is 2.80. The standard InChI is InChI=1S/2C23H28N4O3S.CH4/c2*1-5-16(2)29-15-30-23(28)27-20-9-7-6-8-19(20)24-21-18(14-17(3)31-21)22(27)26-12-10-25(4)11-13-26;/h2*6-9,14H,2,5,10-13,15H2,1,3-4H3;1H4. The predicted molar refractivity (Wildman–Crippen MR) is 252 cm³/mol. The lowest BCUT2D eigenvalue weighted by molar-refractivity contribution is 0.0212. The second-order valence-electron chi connectivity index (χ2n) is 15.4. The number of rotatable bonds is 10. The number of fused-ring (bicyclic) bond motifs is 4. The summed E-state index contributed by atoms with van der Waals surface area (Å²) in [6.45, 7) is 22.2. The molecule has 0 saturated carbocycles. The van der Waals surface area contributed by atoms with Gasteiger partial charge in [-0.25, -0.2) is 29.4 Å². The van der Waals surface area contributed by atoms with Crippen molar-refractivity contribution in [3.8, 4) is 0 Å². The van der Waals surface area contributed by atoms with Gasteiger partial charge in [0.25, 0.3) is 0 Å². The Kier molecular flexibility index (Phi) is 15.7. The van der Waals surface area contributed by atoms with Crippen LogP contribution in [0.1, 0.15) is 43.9 Å². The number of piperazine rings is 2. The lowest BCUT2D eigenvalue weighted by Crippen LogP contribution is -2.51. The van der Waals surface area contributed by atoms with Crippen LogP contribution in [0, 0.1) is 13.8 Å². The number of carbonyl (C=O) groups excluding carboxylic acids is 2. The molecule has 16 heteroatoms. The van der Waals surface area contributed by atoms with Gasteiger partial charge >= 0.3 is 12.2 Å². The van der Waals surface area contributed by atoms with E-state index in [2.05, 4.69) is 72.8 Å².